The second-order valence-electron chi connectivity index (χ2n) is 6.82. The first kappa shape index (κ1) is 15.0. The minimum atomic E-state index is -1.16. The van der Waals surface area contributed by atoms with E-state index in [0.717, 1.165) is 25.7 Å². The molecule has 0 radical (unpaired) electrons. The second kappa shape index (κ2) is 5.19. The predicted octanol–water partition coefficient (Wildman–Crippen LogP) is 2.31. The molecule has 5 nitrogen and oxygen atoms in total. The molecule has 1 aliphatic carbocycles. The van der Waals surface area contributed by atoms with E-state index in [1.54, 1.807) is 13.8 Å². The molecule has 2 aliphatic rings. The number of amides is 4. The number of nitrogens with one attached hydrogen (secondary N) is 1. The number of hydrogen-bond donors (Lipinski definition) is 1. The first-order chi connectivity index (χ1) is 9.26. The highest BCUT2D eigenvalue weighted by atomic mass is 16.2. The first-order valence-electron chi connectivity index (χ1n) is 7.46. The maximum atomic E-state index is 12.6. The lowest BCUT2D eigenvalue weighted by Gasteiger charge is -2.45. The summed E-state index contributed by atoms with van der Waals surface area (Å²) >= 11 is 0. The van der Waals surface area contributed by atoms with E-state index in [4.69, 9.17) is 0 Å². The predicted molar refractivity (Wildman–Crippen MR) is 74.7 cm³/mol. The summed E-state index contributed by atoms with van der Waals surface area (Å²) in [6.07, 6.45) is 4.05. The van der Waals surface area contributed by atoms with Gasteiger partial charge in [0, 0.05) is 6.04 Å². The third-order valence-corrected chi connectivity index (χ3v) is 4.73. The Hall–Kier alpha value is -1.39. The van der Waals surface area contributed by atoms with E-state index in [1.165, 1.54) is 4.90 Å². The van der Waals surface area contributed by atoms with Gasteiger partial charge in [0.2, 0.25) is 11.8 Å². The van der Waals surface area contributed by atoms with Crippen molar-refractivity contribution in [3.05, 3.63) is 0 Å². The minimum Gasteiger partial charge on any atom is -0.277 e. The van der Waals surface area contributed by atoms with Gasteiger partial charge in [-0.3, -0.25) is 19.8 Å². The molecule has 112 valence electrons. The van der Waals surface area contributed by atoms with E-state index in [2.05, 4.69) is 19.2 Å². The Kier molecular flexibility index (Phi) is 3.89. The summed E-state index contributed by atoms with van der Waals surface area (Å²) in [4.78, 5) is 37.8. The van der Waals surface area contributed by atoms with Crippen LogP contribution in [-0.4, -0.2) is 28.8 Å². The average Bonchev–Trinajstić information content (AvgIpc) is 2.37. The first-order valence-corrected chi connectivity index (χ1v) is 7.46. The molecule has 5 heteroatoms. The molecule has 0 aromatic heterocycles. The van der Waals surface area contributed by atoms with Gasteiger partial charge < -0.3 is 0 Å². The Balaban J connectivity index is 2.31. The Morgan fingerprint density at radius 2 is 1.75 bits per heavy atom. The fourth-order valence-corrected chi connectivity index (χ4v) is 3.34. The molecule has 2 atom stereocenters. The third-order valence-electron chi connectivity index (χ3n) is 4.73. The Labute approximate surface area is 120 Å². The van der Waals surface area contributed by atoms with Gasteiger partial charge in [-0.1, -0.05) is 26.7 Å². The quantitative estimate of drug-likeness (QED) is 0.789. The molecule has 4 amide bonds. The van der Waals surface area contributed by atoms with Crippen LogP contribution in [0.5, 0.6) is 0 Å². The van der Waals surface area contributed by atoms with Gasteiger partial charge in [0.15, 0.2) is 0 Å². The maximum Gasteiger partial charge on any atom is 0.331 e. The fraction of sp³-hybridized carbons (Fsp3) is 0.800. The van der Waals surface area contributed by atoms with Gasteiger partial charge in [-0.05, 0) is 38.5 Å². The zero-order valence-corrected chi connectivity index (χ0v) is 12.7. The maximum absolute atomic E-state index is 12.6. The molecule has 1 aliphatic heterocycles. The molecule has 2 unspecified atom stereocenters. The van der Waals surface area contributed by atoms with Crippen molar-refractivity contribution in [3.8, 4) is 0 Å². The number of hydrogen-bond acceptors (Lipinski definition) is 3. The van der Waals surface area contributed by atoms with Crippen molar-refractivity contribution >= 4 is 17.8 Å². The largest absolute Gasteiger partial charge is 0.331 e. The molecule has 0 bridgehead atoms. The molecule has 1 N–H and O–H groups in total. The van der Waals surface area contributed by atoms with Gasteiger partial charge in [-0.25, -0.2) is 4.79 Å². The highest BCUT2D eigenvalue weighted by molar-refractivity contribution is 6.18. The molecular formula is C15H24N2O3. The van der Waals surface area contributed by atoms with Crippen LogP contribution in [0.15, 0.2) is 0 Å². The lowest BCUT2D eigenvalue weighted by molar-refractivity contribution is -0.152. The summed E-state index contributed by atoms with van der Waals surface area (Å²) in [5.41, 5.74) is -1.16. The summed E-state index contributed by atoms with van der Waals surface area (Å²) in [6.45, 7) is 7.42. The van der Waals surface area contributed by atoms with Crippen LogP contribution in [0.25, 0.3) is 0 Å². The highest BCUT2D eigenvalue weighted by Crippen LogP contribution is 2.36. The van der Waals surface area contributed by atoms with Gasteiger partial charge >= 0.3 is 6.03 Å². The number of nitrogens with zero attached hydrogens (tertiary/aromatic N) is 1. The van der Waals surface area contributed by atoms with Gasteiger partial charge in [0.05, 0.1) is 0 Å². The molecule has 0 aromatic carbocycles. The number of carbonyl (C=O) groups is 3. The van der Waals surface area contributed by atoms with Crippen molar-refractivity contribution in [2.75, 3.05) is 0 Å². The summed E-state index contributed by atoms with van der Waals surface area (Å²) < 4.78 is 0. The normalized spacial score (nSPS) is 30.6. The van der Waals surface area contributed by atoms with Gasteiger partial charge in [0.25, 0.3) is 0 Å². The standard InChI is InChI=1S/C15H24N2O3/c1-9(2)10-7-5-6-8-11(10)17-13(19)15(3,4)12(18)16-14(17)20/h9-11H,5-8H2,1-4H3,(H,16,18,20). The summed E-state index contributed by atoms with van der Waals surface area (Å²) in [7, 11) is 0. The van der Waals surface area contributed by atoms with Crippen molar-refractivity contribution < 1.29 is 14.4 Å². The minimum absolute atomic E-state index is 0.0800. The number of carbonyl (C=O) groups excluding carboxylic acids is 3. The van der Waals surface area contributed by atoms with E-state index in [1.807, 2.05) is 0 Å². The van der Waals surface area contributed by atoms with Crippen LogP contribution < -0.4 is 5.32 Å². The van der Waals surface area contributed by atoms with Gasteiger partial charge in [-0.15, -0.1) is 0 Å². The van der Waals surface area contributed by atoms with Crippen molar-refractivity contribution in [1.82, 2.24) is 10.2 Å². The Morgan fingerprint density at radius 3 is 2.35 bits per heavy atom. The molecular weight excluding hydrogens is 256 g/mol. The molecule has 1 saturated carbocycles. The lowest BCUT2D eigenvalue weighted by atomic mass is 9.76. The van der Waals surface area contributed by atoms with Crippen molar-refractivity contribution in [1.29, 1.82) is 0 Å². The molecule has 1 saturated heterocycles. The molecule has 0 aromatic rings. The van der Waals surface area contributed by atoms with Crippen LogP contribution in [0.3, 0.4) is 0 Å². The van der Waals surface area contributed by atoms with E-state index >= 15 is 0 Å². The molecule has 0 spiro atoms. The fourth-order valence-electron chi connectivity index (χ4n) is 3.34. The topological polar surface area (TPSA) is 66.5 Å². The SMILES string of the molecule is CC(C)C1CCCCC1N1C(=O)NC(=O)C(C)(C)C1=O. The van der Waals surface area contributed by atoms with E-state index in [0.29, 0.717) is 11.8 Å². The highest BCUT2D eigenvalue weighted by Gasteiger charge is 2.50. The zero-order valence-electron chi connectivity index (χ0n) is 12.7. The van der Waals surface area contributed by atoms with Crippen LogP contribution in [0.2, 0.25) is 0 Å². The van der Waals surface area contributed by atoms with Crippen molar-refractivity contribution in [2.45, 2.75) is 59.4 Å². The molecule has 2 fully saturated rings. The van der Waals surface area contributed by atoms with Crippen LogP contribution in [0.4, 0.5) is 4.79 Å². The van der Waals surface area contributed by atoms with E-state index in [-0.39, 0.29) is 11.9 Å². The smallest absolute Gasteiger partial charge is 0.277 e. The summed E-state index contributed by atoms with van der Waals surface area (Å²) in [5, 5.41) is 2.33. The Bertz CT molecular complexity index is 442. The number of urea groups is 1. The summed E-state index contributed by atoms with van der Waals surface area (Å²) in [6, 6.07) is -0.625. The van der Waals surface area contributed by atoms with E-state index < -0.39 is 17.4 Å². The van der Waals surface area contributed by atoms with Gasteiger partial charge in [-0.2, -0.15) is 0 Å². The van der Waals surface area contributed by atoms with Crippen LogP contribution in [0, 0.1) is 17.3 Å². The van der Waals surface area contributed by atoms with E-state index in [9.17, 15) is 14.4 Å². The summed E-state index contributed by atoms with van der Waals surface area (Å²) in [5.74, 6) is -0.117. The lowest BCUT2D eigenvalue weighted by Crippen LogP contribution is -2.65. The van der Waals surface area contributed by atoms with Crippen LogP contribution >= 0.6 is 0 Å². The number of barbiturate groups is 1. The van der Waals surface area contributed by atoms with Gasteiger partial charge in [0.1, 0.15) is 5.41 Å². The molecule has 1 heterocycles. The average molecular weight is 280 g/mol. The number of rotatable bonds is 2. The van der Waals surface area contributed by atoms with Crippen molar-refractivity contribution in [2.24, 2.45) is 17.3 Å². The third kappa shape index (κ3) is 2.34. The molecule has 2 rings (SSSR count). The number of imide groups is 2. The monoisotopic (exact) mass is 280 g/mol. The van der Waals surface area contributed by atoms with Crippen LogP contribution in [-0.2, 0) is 9.59 Å². The second-order valence-corrected chi connectivity index (χ2v) is 6.82. The zero-order chi connectivity index (χ0) is 15.1. The van der Waals surface area contributed by atoms with Crippen LogP contribution in [0.1, 0.15) is 53.4 Å². The molecule has 20 heavy (non-hydrogen) atoms. The Morgan fingerprint density at radius 1 is 1.15 bits per heavy atom. The van der Waals surface area contributed by atoms with Crippen molar-refractivity contribution in [3.63, 3.8) is 0 Å².